The minimum atomic E-state index is -0.978. The second-order valence-corrected chi connectivity index (χ2v) is 5.72. The molecule has 0 radical (unpaired) electrons. The van der Waals surface area contributed by atoms with E-state index >= 15 is 0 Å². The Hall–Kier alpha value is -1.89. The van der Waals surface area contributed by atoms with Crippen LogP contribution in [0.25, 0.3) is 0 Å². The molecular weight excluding hydrogens is 272 g/mol. The van der Waals surface area contributed by atoms with Crippen LogP contribution in [0.4, 0.5) is 5.82 Å². The Labute approximate surface area is 124 Å². The molecule has 0 unspecified atom stereocenters. The molecular formula is C14H24N4O3. The maximum absolute atomic E-state index is 12.4. The molecule has 0 aliphatic carbocycles. The second-order valence-electron chi connectivity index (χ2n) is 5.72. The zero-order valence-electron chi connectivity index (χ0n) is 13.1. The Morgan fingerprint density at radius 1 is 1.38 bits per heavy atom. The first-order valence-corrected chi connectivity index (χ1v) is 6.98. The smallest absolute Gasteiger partial charge is 0.323 e. The minimum Gasteiger partial charge on any atom is -0.480 e. The van der Waals surface area contributed by atoms with Gasteiger partial charge in [0.1, 0.15) is 6.54 Å². The summed E-state index contributed by atoms with van der Waals surface area (Å²) in [7, 11) is 3.79. The van der Waals surface area contributed by atoms with Gasteiger partial charge in [-0.15, -0.1) is 0 Å². The van der Waals surface area contributed by atoms with Crippen molar-refractivity contribution in [2.75, 3.05) is 38.6 Å². The molecule has 1 aromatic rings. The predicted octanol–water partition coefficient (Wildman–Crippen LogP) is 0.352. The van der Waals surface area contributed by atoms with Crippen LogP contribution in [0, 0.1) is 5.92 Å². The van der Waals surface area contributed by atoms with E-state index in [-0.39, 0.29) is 17.9 Å². The van der Waals surface area contributed by atoms with Gasteiger partial charge in [-0.3, -0.25) is 9.59 Å². The largest absolute Gasteiger partial charge is 0.480 e. The zero-order chi connectivity index (χ0) is 16.0. The molecule has 0 saturated carbocycles. The van der Waals surface area contributed by atoms with Crippen molar-refractivity contribution in [2.24, 2.45) is 5.92 Å². The molecule has 1 N–H and O–H groups in total. The van der Waals surface area contributed by atoms with Gasteiger partial charge in [0.15, 0.2) is 5.82 Å². The number of anilines is 1. The van der Waals surface area contributed by atoms with Gasteiger partial charge in [-0.1, -0.05) is 13.8 Å². The summed E-state index contributed by atoms with van der Waals surface area (Å²) in [4.78, 5) is 31.0. The molecule has 0 spiro atoms. The maximum atomic E-state index is 12.4. The topological polar surface area (TPSA) is 78.7 Å². The summed E-state index contributed by atoms with van der Waals surface area (Å²) in [5, 5.41) is 9.02. The Morgan fingerprint density at radius 3 is 2.57 bits per heavy atom. The Kier molecular flexibility index (Phi) is 6.36. The normalized spacial score (nSPS) is 11.1. The molecule has 0 aliphatic rings. The van der Waals surface area contributed by atoms with Crippen molar-refractivity contribution < 1.29 is 9.90 Å². The number of carboxylic acids is 1. The molecule has 0 atom stereocenters. The molecule has 0 aromatic carbocycles. The number of aromatic nitrogens is 2. The summed E-state index contributed by atoms with van der Waals surface area (Å²) in [5.74, 6) is -0.454. The van der Waals surface area contributed by atoms with E-state index in [2.05, 4.69) is 4.98 Å². The van der Waals surface area contributed by atoms with E-state index in [1.54, 1.807) is 17.0 Å². The van der Waals surface area contributed by atoms with Crippen LogP contribution in [-0.4, -0.2) is 59.3 Å². The average molecular weight is 296 g/mol. The third-order valence-electron chi connectivity index (χ3n) is 2.90. The van der Waals surface area contributed by atoms with E-state index in [1.807, 2.05) is 32.8 Å². The lowest BCUT2D eigenvalue weighted by Gasteiger charge is -2.23. The van der Waals surface area contributed by atoms with Crippen LogP contribution in [-0.2, 0) is 11.3 Å². The molecule has 1 heterocycles. The number of aliphatic carboxylic acids is 1. The van der Waals surface area contributed by atoms with Crippen LogP contribution < -0.4 is 10.5 Å². The lowest BCUT2D eigenvalue weighted by Crippen LogP contribution is -2.40. The number of rotatable bonds is 8. The number of carbonyl (C=O) groups is 1. The number of hydrogen-bond acceptors (Lipinski definition) is 5. The number of likely N-dealkylation sites (N-methyl/N-ethyl adjacent to an activating group) is 1. The molecule has 7 nitrogen and oxygen atoms in total. The summed E-state index contributed by atoms with van der Waals surface area (Å²) in [6.45, 7) is 5.48. The van der Waals surface area contributed by atoms with Crippen molar-refractivity contribution in [3.63, 3.8) is 0 Å². The Bertz CT molecular complexity index is 525. The van der Waals surface area contributed by atoms with Crippen molar-refractivity contribution >= 4 is 11.8 Å². The van der Waals surface area contributed by atoms with Crippen LogP contribution in [0.15, 0.2) is 17.2 Å². The molecule has 1 rings (SSSR count). The van der Waals surface area contributed by atoms with Crippen LogP contribution in [0.1, 0.15) is 13.8 Å². The molecule has 0 bridgehead atoms. The Balaban J connectivity index is 3.06. The predicted molar refractivity (Wildman–Crippen MR) is 81.7 cm³/mol. The fourth-order valence-corrected chi connectivity index (χ4v) is 1.93. The monoisotopic (exact) mass is 296 g/mol. The first-order chi connectivity index (χ1) is 9.81. The Morgan fingerprint density at radius 2 is 2.05 bits per heavy atom. The van der Waals surface area contributed by atoms with Crippen LogP contribution in [0.5, 0.6) is 0 Å². The van der Waals surface area contributed by atoms with Crippen molar-refractivity contribution in [1.82, 2.24) is 14.5 Å². The third-order valence-corrected chi connectivity index (χ3v) is 2.90. The number of carboxylic acid groups (broad SMARTS) is 1. The van der Waals surface area contributed by atoms with E-state index in [4.69, 9.17) is 5.11 Å². The van der Waals surface area contributed by atoms with Gasteiger partial charge in [0.2, 0.25) is 0 Å². The first kappa shape index (κ1) is 17.2. The summed E-state index contributed by atoms with van der Waals surface area (Å²) < 4.78 is 1.58. The van der Waals surface area contributed by atoms with E-state index in [0.717, 1.165) is 0 Å². The summed E-state index contributed by atoms with van der Waals surface area (Å²) in [6, 6.07) is 0. The van der Waals surface area contributed by atoms with Gasteiger partial charge in [-0.05, 0) is 20.0 Å². The van der Waals surface area contributed by atoms with Crippen LogP contribution >= 0.6 is 0 Å². The van der Waals surface area contributed by atoms with Gasteiger partial charge < -0.3 is 19.5 Å². The highest BCUT2D eigenvalue weighted by molar-refractivity contribution is 5.73. The van der Waals surface area contributed by atoms with Crippen LogP contribution in [0.2, 0.25) is 0 Å². The molecule has 1 aromatic heterocycles. The fourth-order valence-electron chi connectivity index (χ4n) is 1.93. The van der Waals surface area contributed by atoms with Crippen LogP contribution in [0.3, 0.4) is 0 Å². The highest BCUT2D eigenvalue weighted by Gasteiger charge is 2.17. The van der Waals surface area contributed by atoms with E-state index in [0.29, 0.717) is 25.6 Å². The maximum Gasteiger partial charge on any atom is 0.323 e. The third kappa shape index (κ3) is 5.55. The lowest BCUT2D eigenvalue weighted by atomic mass is 10.2. The van der Waals surface area contributed by atoms with Gasteiger partial charge in [0.05, 0.1) is 0 Å². The zero-order valence-corrected chi connectivity index (χ0v) is 13.1. The molecule has 0 fully saturated rings. The molecule has 0 saturated heterocycles. The van der Waals surface area contributed by atoms with E-state index in [1.165, 1.54) is 4.90 Å². The van der Waals surface area contributed by atoms with Gasteiger partial charge in [0.25, 0.3) is 5.56 Å². The molecule has 0 amide bonds. The molecule has 21 heavy (non-hydrogen) atoms. The van der Waals surface area contributed by atoms with Crippen molar-refractivity contribution in [3.05, 3.63) is 22.7 Å². The lowest BCUT2D eigenvalue weighted by molar-refractivity contribution is -0.135. The van der Waals surface area contributed by atoms with Gasteiger partial charge in [-0.25, -0.2) is 4.98 Å². The highest BCUT2D eigenvalue weighted by Crippen LogP contribution is 2.05. The molecule has 0 aliphatic heterocycles. The van der Waals surface area contributed by atoms with E-state index in [9.17, 15) is 9.59 Å². The minimum absolute atomic E-state index is 0.197. The standard InChI is InChI=1S/C14H24N4O3/c1-11(2)9-18-6-5-15-13(14(18)21)17(10-12(19)20)8-7-16(3)4/h5-6,11H,7-10H2,1-4H3,(H,19,20). The SMILES string of the molecule is CC(C)Cn1ccnc(N(CCN(C)C)CC(=O)O)c1=O. The second kappa shape index (κ2) is 7.78. The van der Waals surface area contributed by atoms with Crippen molar-refractivity contribution in [2.45, 2.75) is 20.4 Å². The summed E-state index contributed by atoms with van der Waals surface area (Å²) in [5.41, 5.74) is -0.244. The van der Waals surface area contributed by atoms with Gasteiger partial charge >= 0.3 is 5.97 Å². The quantitative estimate of drug-likeness (QED) is 0.746. The molecule has 7 heteroatoms. The van der Waals surface area contributed by atoms with Crippen molar-refractivity contribution in [3.8, 4) is 0 Å². The number of hydrogen-bond donors (Lipinski definition) is 1. The first-order valence-electron chi connectivity index (χ1n) is 6.98. The van der Waals surface area contributed by atoms with Gasteiger partial charge in [0, 0.05) is 32.0 Å². The highest BCUT2D eigenvalue weighted by atomic mass is 16.4. The summed E-state index contributed by atoms with van der Waals surface area (Å²) >= 11 is 0. The van der Waals surface area contributed by atoms with Gasteiger partial charge in [-0.2, -0.15) is 0 Å². The fraction of sp³-hybridized carbons (Fsp3) is 0.643. The van der Waals surface area contributed by atoms with Crippen molar-refractivity contribution in [1.29, 1.82) is 0 Å². The number of nitrogens with zero attached hydrogens (tertiary/aromatic N) is 4. The van der Waals surface area contributed by atoms with E-state index < -0.39 is 5.97 Å². The average Bonchev–Trinajstić information content (AvgIpc) is 2.36. The molecule has 118 valence electrons. The summed E-state index contributed by atoms with van der Waals surface area (Å²) in [6.07, 6.45) is 3.18.